The van der Waals surface area contributed by atoms with Gasteiger partial charge in [0, 0.05) is 12.0 Å². The second-order valence-electron chi connectivity index (χ2n) is 5.73. The Labute approximate surface area is 116 Å². The topological polar surface area (TPSA) is 20.3 Å². The summed E-state index contributed by atoms with van der Waals surface area (Å²) >= 11 is 0. The van der Waals surface area contributed by atoms with E-state index in [0.29, 0.717) is 12.3 Å². The average molecular weight is 259 g/mol. The summed E-state index contributed by atoms with van der Waals surface area (Å²) in [6, 6.07) is 8.36. The molecule has 0 aromatic heterocycles. The highest BCUT2D eigenvalue weighted by molar-refractivity contribution is 5.96. The van der Waals surface area contributed by atoms with Gasteiger partial charge in [-0.1, -0.05) is 37.6 Å². The first-order chi connectivity index (χ1) is 9.20. The highest BCUT2D eigenvalue weighted by atomic mass is 16.1. The molecule has 2 rings (SSSR count). The summed E-state index contributed by atoms with van der Waals surface area (Å²) in [6.07, 6.45) is 5.23. The molecule has 104 valence electrons. The number of piperidine rings is 1. The molecule has 0 saturated carbocycles. The number of rotatable bonds is 5. The predicted octanol–water partition coefficient (Wildman–Crippen LogP) is 3.87. The molecule has 0 amide bonds. The van der Waals surface area contributed by atoms with Gasteiger partial charge in [0.05, 0.1) is 0 Å². The molecule has 0 N–H and O–H groups in total. The third-order valence-corrected chi connectivity index (χ3v) is 4.18. The zero-order valence-corrected chi connectivity index (χ0v) is 12.2. The van der Waals surface area contributed by atoms with Crippen LogP contribution >= 0.6 is 0 Å². The zero-order chi connectivity index (χ0) is 13.7. The van der Waals surface area contributed by atoms with Crippen molar-refractivity contribution >= 4 is 5.78 Å². The summed E-state index contributed by atoms with van der Waals surface area (Å²) in [4.78, 5) is 14.3. The molecule has 1 aromatic rings. The first kappa shape index (κ1) is 14.3. The molecule has 1 aromatic carbocycles. The van der Waals surface area contributed by atoms with Crippen molar-refractivity contribution in [3.63, 3.8) is 0 Å². The van der Waals surface area contributed by atoms with E-state index >= 15 is 0 Å². The lowest BCUT2D eigenvalue weighted by molar-refractivity contribution is 0.0980. The van der Waals surface area contributed by atoms with Crippen LogP contribution in [-0.2, 0) is 0 Å². The van der Waals surface area contributed by atoms with Crippen LogP contribution in [0, 0.1) is 0 Å². The van der Waals surface area contributed by atoms with Crippen molar-refractivity contribution in [3.8, 4) is 0 Å². The number of Topliss-reactive ketones (excluding diaryl/α,β-unsaturated/α-hetero) is 1. The van der Waals surface area contributed by atoms with Gasteiger partial charge < -0.3 is 4.90 Å². The van der Waals surface area contributed by atoms with Crippen LogP contribution < -0.4 is 0 Å². The molecule has 1 heterocycles. The number of carbonyl (C=O) groups excluding carboxylic acids is 1. The van der Waals surface area contributed by atoms with E-state index in [1.165, 1.54) is 31.5 Å². The van der Waals surface area contributed by atoms with Gasteiger partial charge in [-0.2, -0.15) is 0 Å². The summed E-state index contributed by atoms with van der Waals surface area (Å²) in [7, 11) is 2.19. The normalized spacial score (nSPS) is 17.6. The molecule has 0 unspecified atom stereocenters. The molecular formula is C17H25NO. The number of benzene rings is 1. The summed E-state index contributed by atoms with van der Waals surface area (Å²) in [5.41, 5.74) is 2.28. The minimum atomic E-state index is 0.289. The molecule has 19 heavy (non-hydrogen) atoms. The fourth-order valence-corrected chi connectivity index (χ4v) is 2.76. The van der Waals surface area contributed by atoms with E-state index in [1.807, 2.05) is 12.1 Å². The van der Waals surface area contributed by atoms with Gasteiger partial charge in [-0.15, -0.1) is 0 Å². The van der Waals surface area contributed by atoms with Gasteiger partial charge in [-0.05, 0) is 50.9 Å². The van der Waals surface area contributed by atoms with Crippen LogP contribution in [0.4, 0.5) is 0 Å². The average Bonchev–Trinajstić information content (AvgIpc) is 2.46. The Balaban J connectivity index is 1.96. The van der Waals surface area contributed by atoms with Crippen molar-refractivity contribution in [2.45, 2.75) is 44.9 Å². The maximum atomic E-state index is 11.9. The molecule has 0 atom stereocenters. The SMILES string of the molecule is CCCCC(=O)c1ccc(C2CCN(C)CC2)cc1. The van der Waals surface area contributed by atoms with E-state index in [-0.39, 0.29) is 5.78 Å². The fraction of sp³-hybridized carbons (Fsp3) is 0.588. The highest BCUT2D eigenvalue weighted by Crippen LogP contribution is 2.27. The van der Waals surface area contributed by atoms with Crippen molar-refractivity contribution in [1.29, 1.82) is 0 Å². The first-order valence-corrected chi connectivity index (χ1v) is 7.52. The number of unbranched alkanes of at least 4 members (excludes halogenated alkanes) is 1. The van der Waals surface area contributed by atoms with E-state index in [0.717, 1.165) is 18.4 Å². The number of hydrogen-bond donors (Lipinski definition) is 0. The van der Waals surface area contributed by atoms with Gasteiger partial charge in [0.15, 0.2) is 5.78 Å². The van der Waals surface area contributed by atoms with Gasteiger partial charge in [0.2, 0.25) is 0 Å². The second-order valence-corrected chi connectivity index (χ2v) is 5.73. The third-order valence-electron chi connectivity index (χ3n) is 4.18. The lowest BCUT2D eigenvalue weighted by Crippen LogP contribution is -2.29. The maximum Gasteiger partial charge on any atom is 0.162 e. The summed E-state index contributed by atoms with van der Waals surface area (Å²) in [5.74, 6) is 0.966. The molecule has 0 spiro atoms. The van der Waals surface area contributed by atoms with Crippen LogP contribution in [0.25, 0.3) is 0 Å². The van der Waals surface area contributed by atoms with Crippen molar-refractivity contribution in [2.75, 3.05) is 20.1 Å². The van der Waals surface area contributed by atoms with Crippen molar-refractivity contribution < 1.29 is 4.79 Å². The number of carbonyl (C=O) groups is 1. The van der Waals surface area contributed by atoms with Crippen LogP contribution in [0.2, 0.25) is 0 Å². The molecule has 2 nitrogen and oxygen atoms in total. The van der Waals surface area contributed by atoms with E-state index in [4.69, 9.17) is 0 Å². The molecule has 1 aliphatic rings. The van der Waals surface area contributed by atoms with E-state index < -0.39 is 0 Å². The molecule has 1 aliphatic heterocycles. The molecule has 1 saturated heterocycles. The standard InChI is InChI=1S/C17H25NO/c1-3-4-5-17(19)16-8-6-14(7-9-16)15-10-12-18(2)13-11-15/h6-9,15H,3-5,10-13H2,1-2H3. The van der Waals surface area contributed by atoms with Crippen LogP contribution in [0.15, 0.2) is 24.3 Å². The van der Waals surface area contributed by atoms with E-state index in [2.05, 4.69) is 31.0 Å². The Morgan fingerprint density at radius 3 is 2.42 bits per heavy atom. The van der Waals surface area contributed by atoms with Gasteiger partial charge in [-0.3, -0.25) is 4.79 Å². The van der Waals surface area contributed by atoms with Crippen molar-refractivity contribution in [1.82, 2.24) is 4.90 Å². The number of nitrogens with zero attached hydrogens (tertiary/aromatic N) is 1. The summed E-state index contributed by atoms with van der Waals surface area (Å²) in [5, 5.41) is 0. The predicted molar refractivity (Wildman–Crippen MR) is 79.8 cm³/mol. The molecule has 0 radical (unpaired) electrons. The smallest absolute Gasteiger partial charge is 0.162 e. The summed E-state index contributed by atoms with van der Waals surface area (Å²) in [6.45, 7) is 4.49. The van der Waals surface area contributed by atoms with Crippen LogP contribution in [0.1, 0.15) is 60.9 Å². The van der Waals surface area contributed by atoms with Gasteiger partial charge >= 0.3 is 0 Å². The van der Waals surface area contributed by atoms with Crippen molar-refractivity contribution in [3.05, 3.63) is 35.4 Å². The van der Waals surface area contributed by atoms with Crippen LogP contribution in [0.3, 0.4) is 0 Å². The lowest BCUT2D eigenvalue weighted by Gasteiger charge is -2.29. The number of likely N-dealkylation sites (tertiary alicyclic amines) is 1. The molecule has 0 aliphatic carbocycles. The lowest BCUT2D eigenvalue weighted by atomic mass is 9.89. The zero-order valence-electron chi connectivity index (χ0n) is 12.2. The molecule has 2 heteroatoms. The Morgan fingerprint density at radius 2 is 1.84 bits per heavy atom. The van der Waals surface area contributed by atoms with E-state index in [1.54, 1.807) is 0 Å². The molecule has 1 fully saturated rings. The Hall–Kier alpha value is -1.15. The van der Waals surface area contributed by atoms with Crippen molar-refractivity contribution in [2.24, 2.45) is 0 Å². The first-order valence-electron chi connectivity index (χ1n) is 7.52. The van der Waals surface area contributed by atoms with Gasteiger partial charge in [0.25, 0.3) is 0 Å². The van der Waals surface area contributed by atoms with Crippen LogP contribution in [0.5, 0.6) is 0 Å². The number of ketones is 1. The minimum Gasteiger partial charge on any atom is -0.306 e. The largest absolute Gasteiger partial charge is 0.306 e. The fourth-order valence-electron chi connectivity index (χ4n) is 2.76. The Kier molecular flexibility index (Phi) is 5.15. The van der Waals surface area contributed by atoms with Gasteiger partial charge in [-0.25, -0.2) is 0 Å². The highest BCUT2D eigenvalue weighted by Gasteiger charge is 2.18. The van der Waals surface area contributed by atoms with E-state index in [9.17, 15) is 4.79 Å². The van der Waals surface area contributed by atoms with Gasteiger partial charge in [0.1, 0.15) is 0 Å². The second kappa shape index (κ2) is 6.85. The third kappa shape index (κ3) is 3.90. The minimum absolute atomic E-state index is 0.289. The number of hydrogen-bond acceptors (Lipinski definition) is 2. The monoisotopic (exact) mass is 259 g/mol. The van der Waals surface area contributed by atoms with Crippen LogP contribution in [-0.4, -0.2) is 30.8 Å². The summed E-state index contributed by atoms with van der Waals surface area (Å²) < 4.78 is 0. The molecular weight excluding hydrogens is 234 g/mol. The maximum absolute atomic E-state index is 11.9. The quantitative estimate of drug-likeness (QED) is 0.748. The Bertz CT molecular complexity index is 402. The molecule has 0 bridgehead atoms. The Morgan fingerprint density at radius 1 is 1.21 bits per heavy atom.